The summed E-state index contributed by atoms with van der Waals surface area (Å²) in [7, 11) is 0. The summed E-state index contributed by atoms with van der Waals surface area (Å²) < 4.78 is 6.04. The van der Waals surface area contributed by atoms with E-state index >= 15 is 0 Å². The zero-order chi connectivity index (χ0) is 24.2. The van der Waals surface area contributed by atoms with Gasteiger partial charge in [0.2, 0.25) is 6.10 Å². The van der Waals surface area contributed by atoms with Crippen LogP contribution in [0.15, 0.2) is 42.5 Å². The van der Waals surface area contributed by atoms with Crippen LogP contribution in [0.5, 0.6) is 11.5 Å². The van der Waals surface area contributed by atoms with Crippen LogP contribution in [0, 0.1) is 5.41 Å². The average Bonchev–Trinajstić information content (AvgIpc) is 2.81. The van der Waals surface area contributed by atoms with Crippen LogP contribution in [0.4, 0.5) is 5.69 Å². The molecule has 2 aliphatic heterocycles. The molecule has 34 heavy (non-hydrogen) atoms. The third kappa shape index (κ3) is 5.04. The number of phenolic OH excluding ortho intramolecular Hbond substituents is 1. The highest BCUT2D eigenvalue weighted by atomic mass is 16.5. The maximum Gasteiger partial charge on any atom is 0.273 e. The van der Waals surface area contributed by atoms with E-state index in [4.69, 9.17) is 15.9 Å². The maximum atomic E-state index is 13.5. The van der Waals surface area contributed by atoms with Crippen molar-refractivity contribution < 1.29 is 14.6 Å². The number of aromatic hydroxyl groups is 1. The molecular formula is C27H36N4O3. The van der Waals surface area contributed by atoms with E-state index in [0.717, 1.165) is 31.5 Å². The molecule has 2 aromatic carbocycles. The van der Waals surface area contributed by atoms with Gasteiger partial charge in [0.1, 0.15) is 17.3 Å². The molecule has 2 heterocycles. The van der Waals surface area contributed by atoms with Gasteiger partial charge in [0, 0.05) is 29.8 Å². The summed E-state index contributed by atoms with van der Waals surface area (Å²) >= 11 is 0. The molecule has 7 nitrogen and oxygen atoms in total. The number of phenols is 1. The highest BCUT2D eigenvalue weighted by Gasteiger charge is 2.36. The highest BCUT2D eigenvalue weighted by molar-refractivity contribution is 6.01. The Morgan fingerprint density at radius 2 is 1.79 bits per heavy atom. The Kier molecular flexibility index (Phi) is 7.41. The van der Waals surface area contributed by atoms with Crippen molar-refractivity contribution in [2.45, 2.75) is 70.6 Å². The van der Waals surface area contributed by atoms with Gasteiger partial charge in [0.15, 0.2) is 0 Å². The van der Waals surface area contributed by atoms with Crippen LogP contribution in [0.1, 0.15) is 69.6 Å². The Hall–Kier alpha value is -3.06. The lowest BCUT2D eigenvalue weighted by Crippen LogP contribution is -2.44. The lowest BCUT2D eigenvalue weighted by Gasteiger charge is -2.39. The molecule has 3 atom stereocenters. The van der Waals surface area contributed by atoms with E-state index in [2.05, 4.69) is 18.7 Å². The van der Waals surface area contributed by atoms with E-state index in [1.165, 1.54) is 25.3 Å². The number of rotatable bonds is 8. The van der Waals surface area contributed by atoms with E-state index in [0.29, 0.717) is 35.5 Å². The molecule has 0 spiro atoms. The van der Waals surface area contributed by atoms with Gasteiger partial charge >= 0.3 is 0 Å². The second-order valence-corrected chi connectivity index (χ2v) is 9.57. The first kappa shape index (κ1) is 24.1. The van der Waals surface area contributed by atoms with E-state index < -0.39 is 6.10 Å². The number of para-hydroxylation sites is 2. The van der Waals surface area contributed by atoms with Crippen LogP contribution in [0.2, 0.25) is 0 Å². The van der Waals surface area contributed by atoms with E-state index in [1.54, 1.807) is 17.0 Å². The Morgan fingerprint density at radius 3 is 2.53 bits per heavy atom. The first-order valence-corrected chi connectivity index (χ1v) is 12.4. The van der Waals surface area contributed by atoms with Crippen LogP contribution in [0.3, 0.4) is 0 Å². The van der Waals surface area contributed by atoms with Crippen LogP contribution in [-0.2, 0) is 4.79 Å². The smallest absolute Gasteiger partial charge is 0.273 e. The summed E-state index contributed by atoms with van der Waals surface area (Å²) in [5.74, 6) is 0.218. The number of ether oxygens (including phenoxy) is 1. The number of nitrogens with two attached hydrogens (primary N) is 1. The summed E-state index contributed by atoms with van der Waals surface area (Å²) in [6, 6.07) is 13.4. The molecule has 2 aliphatic rings. The van der Waals surface area contributed by atoms with Crippen molar-refractivity contribution in [1.29, 1.82) is 5.41 Å². The Labute approximate surface area is 202 Å². The number of amidine groups is 1. The number of carbonyl (C=O) groups is 1. The fourth-order valence-corrected chi connectivity index (χ4v) is 5.23. The Morgan fingerprint density at radius 1 is 1.09 bits per heavy atom. The summed E-state index contributed by atoms with van der Waals surface area (Å²) in [6.07, 6.45) is 5.94. The molecule has 1 fully saturated rings. The van der Waals surface area contributed by atoms with Crippen molar-refractivity contribution in [3.05, 3.63) is 53.6 Å². The number of hydrogen-bond acceptors (Lipinski definition) is 5. The minimum atomic E-state index is -0.982. The number of fused-ring (bicyclic) bond motifs is 1. The van der Waals surface area contributed by atoms with Gasteiger partial charge in [-0.05, 0) is 76.4 Å². The fraction of sp³-hybridized carbons (Fsp3) is 0.481. The zero-order valence-electron chi connectivity index (χ0n) is 20.2. The first-order valence-electron chi connectivity index (χ1n) is 12.4. The van der Waals surface area contributed by atoms with Crippen LogP contribution in [0.25, 0.3) is 0 Å². The van der Waals surface area contributed by atoms with Crippen molar-refractivity contribution in [1.82, 2.24) is 4.90 Å². The SMILES string of the molecule is CC1CCCC(C)N1CCCCCN1C(=O)C(c2cc(C(=N)N)ccc2O)Oc2ccccc21. The van der Waals surface area contributed by atoms with Crippen molar-refractivity contribution in [2.75, 3.05) is 18.0 Å². The molecule has 2 aromatic rings. The van der Waals surface area contributed by atoms with Gasteiger partial charge in [-0.3, -0.25) is 15.1 Å². The molecule has 0 aromatic heterocycles. The van der Waals surface area contributed by atoms with Gasteiger partial charge in [-0.1, -0.05) is 25.0 Å². The summed E-state index contributed by atoms with van der Waals surface area (Å²) in [5, 5.41) is 18.2. The topological polar surface area (TPSA) is 103 Å². The zero-order valence-corrected chi connectivity index (χ0v) is 20.2. The highest BCUT2D eigenvalue weighted by Crippen LogP contribution is 2.41. The van der Waals surface area contributed by atoms with E-state index in [1.807, 2.05) is 24.3 Å². The molecule has 3 unspecified atom stereocenters. The number of amides is 1. The molecule has 7 heteroatoms. The molecule has 1 saturated heterocycles. The van der Waals surface area contributed by atoms with Gasteiger partial charge in [0.25, 0.3) is 5.91 Å². The Bertz CT molecular complexity index is 1030. The predicted octanol–water partition coefficient (Wildman–Crippen LogP) is 4.58. The first-order chi connectivity index (χ1) is 16.4. The summed E-state index contributed by atoms with van der Waals surface area (Å²) in [5.41, 5.74) is 7.15. The minimum absolute atomic E-state index is 0.0487. The number of benzene rings is 2. The molecule has 0 radical (unpaired) electrons. The summed E-state index contributed by atoms with van der Waals surface area (Å²) in [6.45, 7) is 6.35. The molecular weight excluding hydrogens is 428 g/mol. The number of unbranched alkanes of at least 4 members (excludes halogenated alkanes) is 2. The number of hydrogen-bond donors (Lipinski definition) is 3. The van der Waals surface area contributed by atoms with Crippen LogP contribution in [-0.4, -0.2) is 46.9 Å². The maximum absolute atomic E-state index is 13.5. The number of anilines is 1. The number of likely N-dealkylation sites (tertiary alicyclic amines) is 1. The molecule has 0 aliphatic carbocycles. The van der Waals surface area contributed by atoms with Crippen molar-refractivity contribution >= 4 is 17.4 Å². The lowest BCUT2D eigenvalue weighted by atomic mass is 9.97. The number of nitrogens with one attached hydrogen (secondary N) is 1. The normalized spacial score (nSPS) is 22.8. The van der Waals surface area contributed by atoms with E-state index in [9.17, 15) is 9.90 Å². The standard InChI is InChI=1S/C27H36N4O3/c1-18-9-8-10-19(2)30(18)15-6-3-7-16-31-22-11-4-5-12-24(22)34-25(27(31)33)21-17-20(26(28)29)13-14-23(21)32/h4-5,11-14,17-19,25,32H,3,6-10,15-16H2,1-2H3,(H3,28,29). The van der Waals surface area contributed by atoms with Crippen molar-refractivity contribution in [2.24, 2.45) is 5.73 Å². The third-order valence-corrected chi connectivity index (χ3v) is 7.19. The lowest BCUT2D eigenvalue weighted by molar-refractivity contribution is -0.126. The second-order valence-electron chi connectivity index (χ2n) is 9.57. The van der Waals surface area contributed by atoms with Gasteiger partial charge in [0.05, 0.1) is 5.69 Å². The molecule has 1 amide bonds. The molecule has 4 N–H and O–H groups in total. The monoisotopic (exact) mass is 464 g/mol. The number of carbonyl (C=O) groups excluding carboxylic acids is 1. The van der Waals surface area contributed by atoms with Crippen molar-refractivity contribution in [3.8, 4) is 11.5 Å². The van der Waals surface area contributed by atoms with E-state index in [-0.39, 0.29) is 17.5 Å². The number of nitrogens with zero attached hydrogens (tertiary/aromatic N) is 2. The third-order valence-electron chi connectivity index (χ3n) is 7.19. The molecule has 0 bridgehead atoms. The van der Waals surface area contributed by atoms with Gasteiger partial charge < -0.3 is 20.5 Å². The second kappa shape index (κ2) is 10.5. The van der Waals surface area contributed by atoms with Crippen LogP contribution >= 0.6 is 0 Å². The minimum Gasteiger partial charge on any atom is -0.508 e. The molecule has 0 saturated carbocycles. The predicted molar refractivity (Wildman–Crippen MR) is 135 cm³/mol. The Balaban J connectivity index is 1.45. The van der Waals surface area contributed by atoms with Crippen LogP contribution < -0.4 is 15.4 Å². The van der Waals surface area contributed by atoms with Gasteiger partial charge in [-0.2, -0.15) is 0 Å². The number of piperidine rings is 1. The fourth-order valence-electron chi connectivity index (χ4n) is 5.23. The molecule has 182 valence electrons. The quantitative estimate of drug-likeness (QED) is 0.302. The largest absolute Gasteiger partial charge is 0.508 e. The molecule has 4 rings (SSSR count). The number of nitrogen functional groups attached to an aromatic ring is 1. The van der Waals surface area contributed by atoms with Gasteiger partial charge in [-0.25, -0.2) is 0 Å². The summed E-state index contributed by atoms with van der Waals surface area (Å²) in [4.78, 5) is 17.9. The van der Waals surface area contributed by atoms with Gasteiger partial charge in [-0.15, -0.1) is 0 Å². The van der Waals surface area contributed by atoms with Crippen molar-refractivity contribution in [3.63, 3.8) is 0 Å². The average molecular weight is 465 g/mol.